The zero-order chi connectivity index (χ0) is 16.8. The molecule has 0 aliphatic rings. The quantitative estimate of drug-likeness (QED) is 0.758. The van der Waals surface area contributed by atoms with Gasteiger partial charge in [0.05, 0.1) is 0 Å². The Kier molecular flexibility index (Phi) is 5.93. The van der Waals surface area contributed by atoms with Crippen molar-refractivity contribution in [3.63, 3.8) is 0 Å². The molecule has 0 heterocycles. The average Bonchev–Trinajstić information content (AvgIpc) is 2.54. The van der Waals surface area contributed by atoms with Crippen LogP contribution in [0.25, 0.3) is 0 Å². The Hall–Kier alpha value is -2.14. The van der Waals surface area contributed by atoms with Gasteiger partial charge in [0.1, 0.15) is 5.75 Å². The number of rotatable bonds is 6. The highest BCUT2D eigenvalue weighted by atomic mass is 79.9. The van der Waals surface area contributed by atoms with Gasteiger partial charge in [-0.2, -0.15) is 0 Å². The molecule has 0 fully saturated rings. The van der Waals surface area contributed by atoms with Crippen LogP contribution in [0.1, 0.15) is 30.6 Å². The highest BCUT2D eigenvalue weighted by Crippen LogP contribution is 2.18. The zero-order valence-corrected chi connectivity index (χ0v) is 14.6. The molecule has 0 saturated carbocycles. The number of amides is 1. The molecule has 0 unspecified atom stereocenters. The number of ketones is 1. The fourth-order valence-electron chi connectivity index (χ4n) is 1.99. The second-order valence-corrected chi connectivity index (χ2v) is 5.98. The van der Waals surface area contributed by atoms with E-state index in [9.17, 15) is 9.59 Å². The van der Waals surface area contributed by atoms with Crippen LogP contribution in [0.5, 0.6) is 5.75 Å². The largest absolute Gasteiger partial charge is 0.481 e. The third-order valence-corrected chi connectivity index (χ3v) is 3.76. The number of carbonyl (C=O) groups is 2. The normalized spacial score (nSPS) is 11.6. The van der Waals surface area contributed by atoms with E-state index in [2.05, 4.69) is 21.2 Å². The van der Waals surface area contributed by atoms with Crippen LogP contribution in [-0.2, 0) is 4.79 Å². The maximum atomic E-state index is 12.1. The monoisotopic (exact) mass is 375 g/mol. The van der Waals surface area contributed by atoms with Gasteiger partial charge in [-0.15, -0.1) is 0 Å². The maximum Gasteiger partial charge on any atom is 0.265 e. The molecule has 2 aromatic carbocycles. The molecule has 2 rings (SSSR count). The zero-order valence-electron chi connectivity index (χ0n) is 13.0. The minimum atomic E-state index is -0.651. The average molecular weight is 376 g/mol. The van der Waals surface area contributed by atoms with E-state index in [0.29, 0.717) is 23.4 Å². The summed E-state index contributed by atoms with van der Waals surface area (Å²) >= 11 is 3.36. The van der Waals surface area contributed by atoms with E-state index in [0.717, 1.165) is 4.47 Å². The summed E-state index contributed by atoms with van der Waals surface area (Å²) in [6.45, 7) is 3.50. The van der Waals surface area contributed by atoms with Crippen molar-refractivity contribution in [2.75, 3.05) is 5.32 Å². The minimum absolute atomic E-state index is 0.0806. The molecule has 23 heavy (non-hydrogen) atoms. The van der Waals surface area contributed by atoms with Crippen molar-refractivity contribution in [2.45, 2.75) is 26.4 Å². The number of Topliss-reactive ketones (excluding diaryl/α,β-unsaturated/α-hetero) is 1. The Morgan fingerprint density at radius 2 is 1.87 bits per heavy atom. The van der Waals surface area contributed by atoms with Crippen molar-refractivity contribution in [1.82, 2.24) is 0 Å². The molecule has 5 heteroatoms. The summed E-state index contributed by atoms with van der Waals surface area (Å²) in [7, 11) is 0. The van der Waals surface area contributed by atoms with Gasteiger partial charge in [0, 0.05) is 22.1 Å². The summed E-state index contributed by atoms with van der Waals surface area (Å²) < 4.78 is 6.50. The molecule has 0 aromatic heterocycles. The van der Waals surface area contributed by atoms with Crippen molar-refractivity contribution in [1.29, 1.82) is 0 Å². The van der Waals surface area contributed by atoms with Gasteiger partial charge in [0.2, 0.25) is 0 Å². The van der Waals surface area contributed by atoms with Crippen LogP contribution in [0.3, 0.4) is 0 Å². The summed E-state index contributed by atoms with van der Waals surface area (Å²) in [5.74, 6) is 0.392. The number of benzene rings is 2. The Morgan fingerprint density at radius 3 is 2.48 bits per heavy atom. The van der Waals surface area contributed by atoms with E-state index in [1.165, 1.54) is 0 Å². The highest BCUT2D eigenvalue weighted by molar-refractivity contribution is 9.10. The van der Waals surface area contributed by atoms with Crippen molar-refractivity contribution >= 4 is 33.3 Å². The van der Waals surface area contributed by atoms with Crippen LogP contribution >= 0.6 is 15.9 Å². The fraction of sp³-hybridized carbons (Fsp3) is 0.222. The van der Waals surface area contributed by atoms with E-state index >= 15 is 0 Å². The van der Waals surface area contributed by atoms with Gasteiger partial charge in [0.15, 0.2) is 11.9 Å². The molecule has 120 valence electrons. The van der Waals surface area contributed by atoms with E-state index in [1.807, 2.05) is 25.1 Å². The van der Waals surface area contributed by atoms with Gasteiger partial charge < -0.3 is 10.1 Å². The number of halogens is 1. The molecule has 2 aromatic rings. The Balaban J connectivity index is 1.96. The third kappa shape index (κ3) is 4.93. The first kappa shape index (κ1) is 17.2. The molecule has 0 aliphatic heterocycles. The van der Waals surface area contributed by atoms with Crippen LogP contribution in [-0.4, -0.2) is 17.8 Å². The SMILES string of the molecule is CCC(=O)c1ccc(O[C@@H](C)C(=O)Nc2cccc(Br)c2)cc1. The van der Waals surface area contributed by atoms with Crippen molar-refractivity contribution < 1.29 is 14.3 Å². The Labute approximate surface area is 144 Å². The van der Waals surface area contributed by atoms with Crippen LogP contribution in [0.15, 0.2) is 53.0 Å². The minimum Gasteiger partial charge on any atom is -0.481 e. The van der Waals surface area contributed by atoms with Crippen LogP contribution < -0.4 is 10.1 Å². The lowest BCUT2D eigenvalue weighted by Crippen LogP contribution is -2.30. The van der Waals surface area contributed by atoms with Crippen molar-refractivity contribution in [2.24, 2.45) is 0 Å². The van der Waals surface area contributed by atoms with Gasteiger partial charge in [-0.25, -0.2) is 0 Å². The number of ether oxygens (including phenoxy) is 1. The molecule has 1 amide bonds. The summed E-state index contributed by atoms with van der Waals surface area (Å²) in [5, 5.41) is 2.79. The topological polar surface area (TPSA) is 55.4 Å². The lowest BCUT2D eigenvalue weighted by molar-refractivity contribution is -0.122. The van der Waals surface area contributed by atoms with E-state index < -0.39 is 6.10 Å². The van der Waals surface area contributed by atoms with Gasteiger partial charge >= 0.3 is 0 Å². The predicted molar refractivity (Wildman–Crippen MR) is 93.9 cm³/mol. The molecular weight excluding hydrogens is 358 g/mol. The number of hydrogen-bond donors (Lipinski definition) is 1. The molecular formula is C18H18BrNO3. The second kappa shape index (κ2) is 7.92. The van der Waals surface area contributed by atoms with Crippen LogP contribution in [0, 0.1) is 0 Å². The Bertz CT molecular complexity index is 698. The van der Waals surface area contributed by atoms with Crippen LogP contribution in [0.2, 0.25) is 0 Å². The highest BCUT2D eigenvalue weighted by Gasteiger charge is 2.15. The number of carbonyl (C=O) groups excluding carboxylic acids is 2. The second-order valence-electron chi connectivity index (χ2n) is 5.06. The van der Waals surface area contributed by atoms with Crippen LogP contribution in [0.4, 0.5) is 5.69 Å². The van der Waals surface area contributed by atoms with Crippen molar-refractivity contribution in [3.8, 4) is 5.75 Å². The lowest BCUT2D eigenvalue weighted by atomic mass is 10.1. The number of anilines is 1. The van der Waals surface area contributed by atoms with Gasteiger partial charge in [0.25, 0.3) is 5.91 Å². The van der Waals surface area contributed by atoms with Gasteiger partial charge in [-0.3, -0.25) is 9.59 Å². The lowest BCUT2D eigenvalue weighted by Gasteiger charge is -2.15. The van der Waals surface area contributed by atoms with E-state index in [-0.39, 0.29) is 11.7 Å². The molecule has 0 radical (unpaired) electrons. The molecule has 0 spiro atoms. The summed E-state index contributed by atoms with van der Waals surface area (Å²) in [6.07, 6.45) is -0.187. The molecule has 1 atom stereocenters. The summed E-state index contributed by atoms with van der Waals surface area (Å²) in [4.78, 5) is 23.7. The number of nitrogens with one attached hydrogen (secondary N) is 1. The molecule has 0 saturated heterocycles. The predicted octanol–water partition coefficient (Wildman–Crippen LogP) is 4.45. The van der Waals surface area contributed by atoms with E-state index in [1.54, 1.807) is 37.3 Å². The van der Waals surface area contributed by atoms with Gasteiger partial charge in [-0.1, -0.05) is 28.9 Å². The number of hydrogen-bond acceptors (Lipinski definition) is 3. The smallest absolute Gasteiger partial charge is 0.265 e. The maximum absolute atomic E-state index is 12.1. The fourth-order valence-corrected chi connectivity index (χ4v) is 2.39. The standard InChI is InChI=1S/C18H18BrNO3/c1-3-17(21)13-7-9-16(10-8-13)23-12(2)18(22)20-15-6-4-5-14(19)11-15/h4-12H,3H2,1-2H3,(H,20,22)/t12-/m0/s1. The molecule has 0 aliphatic carbocycles. The third-order valence-electron chi connectivity index (χ3n) is 3.27. The van der Waals surface area contributed by atoms with E-state index in [4.69, 9.17) is 4.74 Å². The first-order chi connectivity index (χ1) is 11.0. The molecule has 0 bridgehead atoms. The molecule has 1 N–H and O–H groups in total. The molecule has 4 nitrogen and oxygen atoms in total. The summed E-state index contributed by atoms with van der Waals surface area (Å²) in [5.41, 5.74) is 1.34. The van der Waals surface area contributed by atoms with Gasteiger partial charge in [-0.05, 0) is 49.4 Å². The first-order valence-corrected chi connectivity index (χ1v) is 8.15. The first-order valence-electron chi connectivity index (χ1n) is 7.36. The Morgan fingerprint density at radius 1 is 1.17 bits per heavy atom. The van der Waals surface area contributed by atoms with Crippen molar-refractivity contribution in [3.05, 3.63) is 58.6 Å². The summed E-state index contributed by atoms with van der Waals surface area (Å²) in [6, 6.07) is 14.2.